The maximum absolute atomic E-state index is 9.99. The Morgan fingerprint density at radius 1 is 1.35 bits per heavy atom. The highest BCUT2D eigenvalue weighted by molar-refractivity contribution is 7.81. The van der Waals surface area contributed by atoms with E-state index in [1.165, 1.54) is 24.8 Å². The highest BCUT2D eigenvalue weighted by Crippen LogP contribution is 2.56. The SMILES string of the molecule is C=C1/C(=C\C=C2/CCCC3(C)C(C(C)S)=CCC23)CCCC1O. The second kappa shape index (κ2) is 6.64. The Morgan fingerprint density at radius 2 is 2.13 bits per heavy atom. The number of aliphatic hydroxyl groups is 1. The van der Waals surface area contributed by atoms with Crippen LogP contribution < -0.4 is 0 Å². The van der Waals surface area contributed by atoms with Crippen molar-refractivity contribution >= 4 is 12.6 Å². The van der Waals surface area contributed by atoms with Gasteiger partial charge in [-0.05, 0) is 74.3 Å². The summed E-state index contributed by atoms with van der Waals surface area (Å²) in [5.41, 5.74) is 5.60. The van der Waals surface area contributed by atoms with Crippen LogP contribution >= 0.6 is 12.6 Å². The van der Waals surface area contributed by atoms with Crippen LogP contribution in [0.4, 0.5) is 0 Å². The summed E-state index contributed by atoms with van der Waals surface area (Å²) in [6.07, 6.45) is 14.6. The molecule has 23 heavy (non-hydrogen) atoms. The van der Waals surface area contributed by atoms with E-state index in [-0.39, 0.29) is 6.10 Å². The first-order valence-electron chi connectivity index (χ1n) is 9.09. The van der Waals surface area contributed by atoms with E-state index in [2.05, 4.69) is 38.7 Å². The molecule has 0 aliphatic heterocycles. The molecule has 3 aliphatic carbocycles. The summed E-state index contributed by atoms with van der Waals surface area (Å²) < 4.78 is 0. The van der Waals surface area contributed by atoms with Gasteiger partial charge in [0.25, 0.3) is 0 Å². The van der Waals surface area contributed by atoms with Crippen molar-refractivity contribution in [2.24, 2.45) is 11.3 Å². The molecule has 1 nitrogen and oxygen atoms in total. The Bertz CT molecular complexity index is 581. The van der Waals surface area contributed by atoms with Crippen molar-refractivity contribution in [1.82, 2.24) is 0 Å². The maximum Gasteiger partial charge on any atom is 0.0787 e. The van der Waals surface area contributed by atoms with E-state index in [9.17, 15) is 5.11 Å². The van der Waals surface area contributed by atoms with E-state index in [4.69, 9.17) is 12.6 Å². The quantitative estimate of drug-likeness (QED) is 0.513. The molecule has 0 heterocycles. The summed E-state index contributed by atoms with van der Waals surface area (Å²) in [4.78, 5) is 0. The van der Waals surface area contributed by atoms with E-state index in [0.717, 1.165) is 31.3 Å². The summed E-state index contributed by atoms with van der Waals surface area (Å²) in [6, 6.07) is 0. The zero-order valence-electron chi connectivity index (χ0n) is 14.5. The summed E-state index contributed by atoms with van der Waals surface area (Å²) in [5, 5.41) is 10.4. The lowest BCUT2D eigenvalue weighted by molar-refractivity contribution is 0.191. The standard InChI is InChI=1S/C21H30OS/c1-14-16(6-4-8-20(14)22)9-10-17-7-5-13-21(3)18(15(2)23)11-12-19(17)21/h9-11,15,19-20,22-23H,1,4-8,12-13H2,2-3H3/b16-9-,17-10+. The molecule has 2 heteroatoms. The molecular weight excluding hydrogens is 300 g/mol. The third kappa shape index (κ3) is 3.13. The molecule has 0 amide bonds. The number of thiol groups is 1. The van der Waals surface area contributed by atoms with Crippen LogP contribution in [-0.2, 0) is 0 Å². The average molecular weight is 331 g/mol. The van der Waals surface area contributed by atoms with Gasteiger partial charge >= 0.3 is 0 Å². The lowest BCUT2D eigenvalue weighted by Gasteiger charge is -2.42. The summed E-state index contributed by atoms with van der Waals surface area (Å²) in [5.74, 6) is 0.638. The molecule has 0 saturated heterocycles. The van der Waals surface area contributed by atoms with Crippen molar-refractivity contribution in [2.45, 2.75) is 70.1 Å². The highest BCUT2D eigenvalue weighted by Gasteiger charge is 2.45. The molecule has 3 aliphatic rings. The van der Waals surface area contributed by atoms with Crippen molar-refractivity contribution < 1.29 is 5.11 Å². The molecule has 0 aromatic heterocycles. The maximum atomic E-state index is 9.99. The molecule has 1 N–H and O–H groups in total. The van der Waals surface area contributed by atoms with Crippen molar-refractivity contribution in [1.29, 1.82) is 0 Å². The van der Waals surface area contributed by atoms with Gasteiger partial charge in [0.1, 0.15) is 0 Å². The average Bonchev–Trinajstić information content (AvgIpc) is 2.86. The van der Waals surface area contributed by atoms with Crippen molar-refractivity contribution in [3.05, 3.63) is 47.1 Å². The monoisotopic (exact) mass is 330 g/mol. The van der Waals surface area contributed by atoms with Crippen LogP contribution in [0, 0.1) is 11.3 Å². The van der Waals surface area contributed by atoms with Crippen LogP contribution in [0.5, 0.6) is 0 Å². The lowest BCUT2D eigenvalue weighted by atomic mass is 9.64. The first-order valence-corrected chi connectivity index (χ1v) is 9.60. The number of fused-ring (bicyclic) bond motifs is 1. The Labute approximate surface area is 146 Å². The molecule has 0 aromatic carbocycles. The zero-order chi connectivity index (χ0) is 16.6. The normalized spacial score (nSPS) is 39.5. The van der Waals surface area contributed by atoms with Gasteiger partial charge in [0.05, 0.1) is 6.10 Å². The molecule has 0 bridgehead atoms. The van der Waals surface area contributed by atoms with E-state index in [1.54, 1.807) is 11.1 Å². The molecule has 0 spiro atoms. The van der Waals surface area contributed by atoms with Gasteiger partial charge in [0.2, 0.25) is 0 Å². The van der Waals surface area contributed by atoms with Crippen molar-refractivity contribution in [2.75, 3.05) is 0 Å². The van der Waals surface area contributed by atoms with E-state index < -0.39 is 0 Å². The van der Waals surface area contributed by atoms with Crippen LogP contribution in [0.1, 0.15) is 58.8 Å². The minimum absolute atomic E-state index is 0.298. The molecule has 2 saturated carbocycles. The third-order valence-electron chi connectivity index (χ3n) is 6.30. The Hall–Kier alpha value is -0.730. The lowest BCUT2D eigenvalue weighted by Crippen LogP contribution is -2.32. The van der Waals surface area contributed by atoms with E-state index in [0.29, 0.717) is 16.6 Å². The number of rotatable bonds is 2. The first-order chi connectivity index (χ1) is 10.9. The molecule has 3 rings (SSSR count). The Morgan fingerprint density at radius 3 is 2.87 bits per heavy atom. The van der Waals surface area contributed by atoms with E-state index in [1.807, 2.05) is 0 Å². The van der Waals surface area contributed by atoms with Gasteiger partial charge in [-0.3, -0.25) is 0 Å². The minimum Gasteiger partial charge on any atom is -0.388 e. The third-order valence-corrected chi connectivity index (χ3v) is 6.58. The minimum atomic E-state index is -0.338. The summed E-state index contributed by atoms with van der Waals surface area (Å²) in [7, 11) is 0. The summed E-state index contributed by atoms with van der Waals surface area (Å²) in [6.45, 7) is 8.73. The van der Waals surface area contributed by atoms with Crippen LogP contribution in [0.15, 0.2) is 47.1 Å². The molecule has 0 radical (unpaired) electrons. The van der Waals surface area contributed by atoms with Gasteiger partial charge in [-0.2, -0.15) is 12.6 Å². The van der Waals surface area contributed by atoms with Crippen LogP contribution in [0.3, 0.4) is 0 Å². The zero-order valence-corrected chi connectivity index (χ0v) is 15.4. The van der Waals surface area contributed by atoms with Gasteiger partial charge < -0.3 is 5.11 Å². The molecule has 4 unspecified atom stereocenters. The first kappa shape index (κ1) is 17.1. The molecule has 126 valence electrons. The molecule has 0 aromatic rings. The van der Waals surface area contributed by atoms with Gasteiger partial charge in [0, 0.05) is 5.25 Å². The predicted molar refractivity (Wildman–Crippen MR) is 102 cm³/mol. The van der Waals surface area contributed by atoms with E-state index >= 15 is 0 Å². The second-order valence-electron chi connectivity index (χ2n) is 7.76. The molecular formula is C21H30OS. The Kier molecular flexibility index (Phi) is 4.94. The van der Waals surface area contributed by atoms with Gasteiger partial charge in [-0.15, -0.1) is 0 Å². The summed E-state index contributed by atoms with van der Waals surface area (Å²) >= 11 is 4.71. The molecule has 4 atom stereocenters. The fourth-order valence-electron chi connectivity index (χ4n) is 4.93. The number of hydrogen-bond donors (Lipinski definition) is 2. The topological polar surface area (TPSA) is 20.2 Å². The predicted octanol–water partition coefficient (Wildman–Crippen LogP) is 5.40. The smallest absolute Gasteiger partial charge is 0.0787 e. The number of allylic oxidation sites excluding steroid dienone is 4. The fourth-order valence-corrected chi connectivity index (χ4v) is 5.33. The van der Waals surface area contributed by atoms with Gasteiger partial charge in [-0.1, -0.05) is 42.9 Å². The van der Waals surface area contributed by atoms with Gasteiger partial charge in [0.15, 0.2) is 0 Å². The van der Waals surface area contributed by atoms with Crippen LogP contribution in [-0.4, -0.2) is 16.5 Å². The van der Waals surface area contributed by atoms with Gasteiger partial charge in [-0.25, -0.2) is 0 Å². The second-order valence-corrected chi connectivity index (χ2v) is 8.54. The fraction of sp³-hybridized carbons (Fsp3) is 0.619. The van der Waals surface area contributed by atoms with Crippen molar-refractivity contribution in [3.8, 4) is 0 Å². The van der Waals surface area contributed by atoms with Crippen LogP contribution in [0.2, 0.25) is 0 Å². The number of aliphatic hydroxyl groups excluding tert-OH is 1. The highest BCUT2D eigenvalue weighted by atomic mass is 32.1. The van der Waals surface area contributed by atoms with Crippen LogP contribution in [0.25, 0.3) is 0 Å². The number of hydrogen-bond acceptors (Lipinski definition) is 2. The Balaban J connectivity index is 1.83. The van der Waals surface area contributed by atoms with Crippen molar-refractivity contribution in [3.63, 3.8) is 0 Å². The molecule has 2 fully saturated rings. The largest absolute Gasteiger partial charge is 0.388 e.